The van der Waals surface area contributed by atoms with Crippen LogP contribution in [0.5, 0.6) is 0 Å². The maximum Gasteiger partial charge on any atom is 0.240 e. The summed E-state index contributed by atoms with van der Waals surface area (Å²) in [6.45, 7) is 1.99. The third-order valence-electron chi connectivity index (χ3n) is 3.91. The van der Waals surface area contributed by atoms with E-state index in [1.54, 1.807) is 36.0 Å². The molecule has 1 amide bonds. The van der Waals surface area contributed by atoms with Crippen LogP contribution in [0.15, 0.2) is 42.5 Å². The number of nitrogens with one attached hydrogen (secondary N) is 1. The lowest BCUT2D eigenvalue weighted by molar-refractivity contribution is -0.119. The minimum atomic E-state index is -3.57. The zero-order chi connectivity index (χ0) is 20.7. The summed E-state index contributed by atoms with van der Waals surface area (Å²) in [6.07, 6.45) is 1.10. The van der Waals surface area contributed by atoms with Gasteiger partial charge in [-0.25, -0.2) is 8.42 Å². The molecule has 28 heavy (non-hydrogen) atoms. The highest BCUT2D eigenvalue weighted by Gasteiger charge is 2.21. The highest BCUT2D eigenvalue weighted by molar-refractivity contribution is 7.98. The molecule has 9 heteroatoms. The molecule has 2 aromatic rings. The molecule has 152 valence electrons. The molecule has 0 saturated carbocycles. The number of sulfonamides is 1. The van der Waals surface area contributed by atoms with Gasteiger partial charge in [0.25, 0.3) is 0 Å². The summed E-state index contributed by atoms with van der Waals surface area (Å²) >= 11 is 13.6. The number of anilines is 1. The van der Waals surface area contributed by atoms with E-state index < -0.39 is 10.0 Å². The number of carbonyl (C=O) groups is 1. The Bertz CT molecular complexity index is 937. The summed E-state index contributed by atoms with van der Waals surface area (Å²) in [6, 6.07) is 12.4. The summed E-state index contributed by atoms with van der Waals surface area (Å²) < 4.78 is 25.4. The average Bonchev–Trinajstić information content (AvgIpc) is 2.61. The number of rotatable bonds is 9. The van der Waals surface area contributed by atoms with Crippen molar-refractivity contribution in [3.05, 3.63) is 63.6 Å². The Morgan fingerprint density at radius 3 is 2.54 bits per heavy atom. The number of amides is 1. The van der Waals surface area contributed by atoms with E-state index in [-0.39, 0.29) is 12.5 Å². The second-order valence-electron chi connectivity index (χ2n) is 6.19. The van der Waals surface area contributed by atoms with Gasteiger partial charge in [-0.05, 0) is 36.2 Å². The van der Waals surface area contributed by atoms with Gasteiger partial charge in [-0.3, -0.25) is 9.10 Å². The molecule has 0 aliphatic rings. The second-order valence-corrected chi connectivity index (χ2v) is 10.1. The van der Waals surface area contributed by atoms with Gasteiger partial charge in [0.1, 0.15) is 6.54 Å². The number of thioether (sulfide) groups is 1. The number of carbonyl (C=O) groups excluding carboxylic acids is 1. The van der Waals surface area contributed by atoms with Crippen LogP contribution in [0.1, 0.15) is 11.1 Å². The van der Waals surface area contributed by atoms with Crippen molar-refractivity contribution in [2.45, 2.75) is 12.7 Å². The van der Waals surface area contributed by atoms with Gasteiger partial charge in [0, 0.05) is 28.1 Å². The lowest BCUT2D eigenvalue weighted by Crippen LogP contribution is -2.41. The fourth-order valence-corrected chi connectivity index (χ4v) is 4.82. The third kappa shape index (κ3) is 6.88. The molecule has 0 radical (unpaired) electrons. The van der Waals surface area contributed by atoms with Gasteiger partial charge < -0.3 is 5.32 Å². The Morgan fingerprint density at radius 2 is 1.89 bits per heavy atom. The second kappa shape index (κ2) is 10.4. The Hall–Kier alpha value is -1.41. The molecule has 0 fully saturated rings. The Morgan fingerprint density at radius 1 is 1.18 bits per heavy atom. The van der Waals surface area contributed by atoms with Crippen molar-refractivity contribution in [1.29, 1.82) is 0 Å². The molecule has 1 N–H and O–H groups in total. The maximum atomic E-state index is 12.2. The molecule has 0 aliphatic carbocycles. The lowest BCUT2D eigenvalue weighted by Gasteiger charge is -2.23. The first-order valence-electron chi connectivity index (χ1n) is 8.50. The molecule has 0 bridgehead atoms. The van der Waals surface area contributed by atoms with E-state index in [2.05, 4.69) is 5.32 Å². The quantitative estimate of drug-likeness (QED) is 0.571. The van der Waals surface area contributed by atoms with Crippen LogP contribution >= 0.6 is 35.0 Å². The van der Waals surface area contributed by atoms with Crippen LogP contribution in [0.3, 0.4) is 0 Å². The molecule has 2 rings (SSSR count). The van der Waals surface area contributed by atoms with Gasteiger partial charge in [-0.1, -0.05) is 47.5 Å². The molecule has 0 spiro atoms. The van der Waals surface area contributed by atoms with Crippen LogP contribution in [-0.4, -0.2) is 39.4 Å². The molecule has 0 unspecified atom stereocenters. The normalized spacial score (nSPS) is 11.3. The van der Waals surface area contributed by atoms with E-state index in [0.29, 0.717) is 33.8 Å². The first-order chi connectivity index (χ1) is 13.2. The van der Waals surface area contributed by atoms with Crippen LogP contribution < -0.4 is 9.62 Å². The number of hydrogen-bond acceptors (Lipinski definition) is 4. The first kappa shape index (κ1) is 22.9. The van der Waals surface area contributed by atoms with Crippen LogP contribution in [0.4, 0.5) is 5.69 Å². The van der Waals surface area contributed by atoms with Gasteiger partial charge >= 0.3 is 0 Å². The summed E-state index contributed by atoms with van der Waals surface area (Å²) in [5.41, 5.74) is 2.27. The zero-order valence-corrected chi connectivity index (χ0v) is 18.8. The highest BCUT2D eigenvalue weighted by atomic mass is 35.5. The smallest absolute Gasteiger partial charge is 0.240 e. The number of halogens is 2. The molecule has 0 saturated heterocycles. The molecule has 2 aromatic carbocycles. The third-order valence-corrected chi connectivity index (χ3v) is 6.63. The zero-order valence-electron chi connectivity index (χ0n) is 15.6. The van der Waals surface area contributed by atoms with Gasteiger partial charge in [0.2, 0.25) is 15.9 Å². The standard InChI is InChI=1S/C19H22Cl2N2O3S2/c1-14-5-3-4-6-18(14)23(28(2,25)26)12-19(24)22-9-10-27-13-15-7-8-16(20)11-17(15)21/h3-8,11H,9-10,12-13H2,1-2H3,(H,22,24). The van der Waals surface area contributed by atoms with E-state index in [4.69, 9.17) is 23.2 Å². The van der Waals surface area contributed by atoms with Crippen molar-refractivity contribution < 1.29 is 13.2 Å². The van der Waals surface area contributed by atoms with E-state index >= 15 is 0 Å². The molecule has 0 aliphatic heterocycles. The Kier molecular flexibility index (Phi) is 8.49. The van der Waals surface area contributed by atoms with Gasteiger partial charge in [-0.15, -0.1) is 0 Å². The van der Waals surface area contributed by atoms with Crippen molar-refractivity contribution in [3.8, 4) is 0 Å². The largest absolute Gasteiger partial charge is 0.354 e. The number of hydrogen-bond donors (Lipinski definition) is 1. The van der Waals surface area contributed by atoms with Crippen LogP contribution in [-0.2, 0) is 20.6 Å². The molecule has 0 atom stereocenters. The fraction of sp³-hybridized carbons (Fsp3) is 0.316. The maximum absolute atomic E-state index is 12.2. The lowest BCUT2D eigenvalue weighted by atomic mass is 10.2. The molecular weight excluding hydrogens is 439 g/mol. The van der Waals surface area contributed by atoms with Crippen LogP contribution in [0, 0.1) is 6.92 Å². The summed E-state index contributed by atoms with van der Waals surface area (Å²) in [7, 11) is -3.57. The number of benzene rings is 2. The van der Waals surface area contributed by atoms with Gasteiger partial charge in [0.05, 0.1) is 11.9 Å². The minimum Gasteiger partial charge on any atom is -0.354 e. The summed E-state index contributed by atoms with van der Waals surface area (Å²) in [5, 5.41) is 3.97. The van der Waals surface area contributed by atoms with E-state index in [0.717, 1.165) is 21.7 Å². The predicted octanol–water partition coefficient (Wildman–Crippen LogP) is 4.12. The van der Waals surface area contributed by atoms with Crippen molar-refractivity contribution in [2.24, 2.45) is 0 Å². The first-order valence-corrected chi connectivity index (χ1v) is 12.3. The van der Waals surface area contributed by atoms with Crippen molar-refractivity contribution in [1.82, 2.24) is 5.32 Å². The molecule has 0 aromatic heterocycles. The number of aryl methyl sites for hydroxylation is 1. The SMILES string of the molecule is Cc1ccccc1N(CC(=O)NCCSCc1ccc(Cl)cc1Cl)S(C)(=O)=O. The Balaban J connectivity index is 1.84. The van der Waals surface area contributed by atoms with Crippen molar-refractivity contribution >= 4 is 56.6 Å². The van der Waals surface area contributed by atoms with Crippen LogP contribution in [0.2, 0.25) is 10.0 Å². The number of nitrogens with zero attached hydrogens (tertiary/aromatic N) is 1. The highest BCUT2D eigenvalue weighted by Crippen LogP contribution is 2.24. The van der Waals surface area contributed by atoms with Gasteiger partial charge in [-0.2, -0.15) is 11.8 Å². The molecule has 0 heterocycles. The molecule has 5 nitrogen and oxygen atoms in total. The van der Waals surface area contributed by atoms with E-state index in [1.807, 2.05) is 25.1 Å². The Labute approximate surface area is 180 Å². The van der Waals surface area contributed by atoms with Gasteiger partial charge in [0.15, 0.2) is 0 Å². The fourth-order valence-electron chi connectivity index (χ4n) is 2.49. The van der Waals surface area contributed by atoms with E-state index in [1.165, 1.54) is 0 Å². The van der Waals surface area contributed by atoms with Crippen molar-refractivity contribution in [3.63, 3.8) is 0 Å². The summed E-state index contributed by atoms with van der Waals surface area (Å²) in [5.74, 6) is 1.03. The minimum absolute atomic E-state index is 0.253. The van der Waals surface area contributed by atoms with Crippen LogP contribution in [0.25, 0.3) is 0 Å². The number of para-hydroxylation sites is 1. The monoisotopic (exact) mass is 460 g/mol. The topological polar surface area (TPSA) is 66.5 Å². The predicted molar refractivity (Wildman–Crippen MR) is 119 cm³/mol. The molecular formula is C19H22Cl2N2O3S2. The van der Waals surface area contributed by atoms with E-state index in [9.17, 15) is 13.2 Å². The average molecular weight is 461 g/mol. The van der Waals surface area contributed by atoms with Crippen molar-refractivity contribution in [2.75, 3.05) is 29.4 Å². The summed E-state index contributed by atoms with van der Waals surface area (Å²) in [4.78, 5) is 12.2.